The minimum atomic E-state index is 0.501. The van der Waals surface area contributed by atoms with E-state index in [1.807, 2.05) is 12.1 Å². The van der Waals surface area contributed by atoms with Crippen molar-refractivity contribution in [2.24, 2.45) is 0 Å². The van der Waals surface area contributed by atoms with E-state index >= 15 is 0 Å². The molecule has 1 aromatic rings. The van der Waals surface area contributed by atoms with Gasteiger partial charge < -0.3 is 10.1 Å². The van der Waals surface area contributed by atoms with Gasteiger partial charge in [0.15, 0.2) is 0 Å². The summed E-state index contributed by atoms with van der Waals surface area (Å²) in [7, 11) is 1.69. The number of unbranched alkanes of at least 4 members (excludes halogenated alkanes) is 3. The van der Waals surface area contributed by atoms with Crippen LogP contribution in [0, 0.1) is 0 Å². The molecule has 0 aliphatic carbocycles. The van der Waals surface area contributed by atoms with Crippen molar-refractivity contribution in [1.82, 2.24) is 0 Å². The maximum absolute atomic E-state index is 5.26. The number of halogens is 1. The van der Waals surface area contributed by atoms with E-state index in [1.54, 1.807) is 7.11 Å². The fourth-order valence-electron chi connectivity index (χ4n) is 2.00. The molecule has 3 heteroatoms. The molecule has 102 valence electrons. The zero-order chi connectivity index (χ0) is 13.4. The highest BCUT2D eigenvalue weighted by atomic mass is 79.9. The molecule has 0 aromatic heterocycles. The van der Waals surface area contributed by atoms with E-state index in [4.69, 9.17) is 4.74 Å². The topological polar surface area (TPSA) is 21.3 Å². The van der Waals surface area contributed by atoms with Gasteiger partial charge in [0.05, 0.1) is 7.11 Å². The van der Waals surface area contributed by atoms with Gasteiger partial charge in [-0.2, -0.15) is 0 Å². The second-order valence-corrected chi connectivity index (χ2v) is 5.69. The zero-order valence-electron chi connectivity index (χ0n) is 11.6. The summed E-state index contributed by atoms with van der Waals surface area (Å²) in [5, 5.41) is 3.52. The van der Waals surface area contributed by atoms with Crippen LogP contribution >= 0.6 is 15.9 Å². The van der Waals surface area contributed by atoms with Crippen LogP contribution in [-0.4, -0.2) is 13.2 Å². The minimum Gasteiger partial charge on any atom is -0.497 e. The Morgan fingerprint density at radius 1 is 1.22 bits per heavy atom. The number of hydrogen-bond donors (Lipinski definition) is 1. The minimum absolute atomic E-state index is 0.501. The molecule has 0 heterocycles. The average Bonchev–Trinajstić information content (AvgIpc) is 2.34. The standard InChI is InChI=1S/C15H24BrNO/c1-4-5-6-7-8-12(2)17-14-9-13(16)10-15(11-14)18-3/h9-12,17H,4-8H2,1-3H3. The van der Waals surface area contributed by atoms with Crippen molar-refractivity contribution in [3.63, 3.8) is 0 Å². The molecular weight excluding hydrogens is 290 g/mol. The van der Waals surface area contributed by atoms with E-state index < -0.39 is 0 Å². The van der Waals surface area contributed by atoms with Crippen LogP contribution in [0.4, 0.5) is 5.69 Å². The van der Waals surface area contributed by atoms with Crippen LogP contribution in [0.15, 0.2) is 22.7 Å². The Balaban J connectivity index is 2.43. The molecule has 0 fully saturated rings. The lowest BCUT2D eigenvalue weighted by molar-refractivity contribution is 0.414. The van der Waals surface area contributed by atoms with Crippen molar-refractivity contribution in [2.45, 2.75) is 52.0 Å². The molecule has 1 N–H and O–H groups in total. The molecular formula is C15H24BrNO. The summed E-state index contributed by atoms with van der Waals surface area (Å²) < 4.78 is 6.30. The first kappa shape index (κ1) is 15.4. The summed E-state index contributed by atoms with van der Waals surface area (Å²) in [5.41, 5.74) is 1.12. The molecule has 0 amide bonds. The molecule has 0 saturated heterocycles. The third-order valence-corrected chi connectivity index (χ3v) is 3.47. The second-order valence-electron chi connectivity index (χ2n) is 4.77. The Bertz CT molecular complexity index is 354. The lowest BCUT2D eigenvalue weighted by Gasteiger charge is -2.16. The van der Waals surface area contributed by atoms with Gasteiger partial charge in [-0.15, -0.1) is 0 Å². The number of methoxy groups -OCH3 is 1. The lowest BCUT2D eigenvalue weighted by Crippen LogP contribution is -2.14. The highest BCUT2D eigenvalue weighted by Gasteiger charge is 2.04. The Labute approximate surface area is 119 Å². The summed E-state index contributed by atoms with van der Waals surface area (Å²) in [6.07, 6.45) is 6.49. The monoisotopic (exact) mass is 313 g/mol. The second kappa shape index (κ2) is 8.41. The SMILES string of the molecule is CCCCCCC(C)Nc1cc(Br)cc(OC)c1. The van der Waals surface area contributed by atoms with Gasteiger partial charge in [-0.1, -0.05) is 48.5 Å². The van der Waals surface area contributed by atoms with Crippen molar-refractivity contribution in [3.05, 3.63) is 22.7 Å². The van der Waals surface area contributed by atoms with Crippen LogP contribution in [0.1, 0.15) is 46.0 Å². The highest BCUT2D eigenvalue weighted by molar-refractivity contribution is 9.10. The largest absolute Gasteiger partial charge is 0.497 e. The number of ether oxygens (including phenoxy) is 1. The number of benzene rings is 1. The number of nitrogens with one attached hydrogen (secondary N) is 1. The lowest BCUT2D eigenvalue weighted by atomic mass is 10.1. The summed E-state index contributed by atoms with van der Waals surface area (Å²) in [6, 6.07) is 6.59. The molecule has 0 aliphatic heterocycles. The normalized spacial score (nSPS) is 12.2. The number of hydrogen-bond acceptors (Lipinski definition) is 2. The fraction of sp³-hybridized carbons (Fsp3) is 0.600. The van der Waals surface area contributed by atoms with Gasteiger partial charge in [0.1, 0.15) is 5.75 Å². The molecule has 2 nitrogen and oxygen atoms in total. The van der Waals surface area contributed by atoms with E-state index in [0.717, 1.165) is 15.9 Å². The van der Waals surface area contributed by atoms with E-state index in [2.05, 4.69) is 41.2 Å². The van der Waals surface area contributed by atoms with E-state index in [9.17, 15) is 0 Å². The predicted octanol–water partition coefficient (Wildman–Crippen LogP) is 5.23. The molecule has 18 heavy (non-hydrogen) atoms. The summed E-state index contributed by atoms with van der Waals surface area (Å²) in [6.45, 7) is 4.48. The van der Waals surface area contributed by atoms with Crippen LogP contribution < -0.4 is 10.1 Å². The molecule has 1 atom stereocenters. The zero-order valence-corrected chi connectivity index (χ0v) is 13.2. The molecule has 1 rings (SSSR count). The van der Waals surface area contributed by atoms with Gasteiger partial charge >= 0.3 is 0 Å². The van der Waals surface area contributed by atoms with Gasteiger partial charge in [-0.05, 0) is 25.5 Å². The summed E-state index contributed by atoms with van der Waals surface area (Å²) >= 11 is 3.50. The smallest absolute Gasteiger partial charge is 0.122 e. The molecule has 1 unspecified atom stereocenters. The van der Waals surface area contributed by atoms with E-state index in [0.29, 0.717) is 6.04 Å². The molecule has 1 aromatic carbocycles. The first-order chi connectivity index (χ1) is 8.65. The van der Waals surface area contributed by atoms with Crippen LogP contribution in [0.25, 0.3) is 0 Å². The van der Waals surface area contributed by atoms with Gasteiger partial charge in [-0.3, -0.25) is 0 Å². The van der Waals surface area contributed by atoms with Crippen LogP contribution in [0.3, 0.4) is 0 Å². The van der Waals surface area contributed by atoms with Gasteiger partial charge in [0, 0.05) is 22.3 Å². The Hall–Kier alpha value is -0.700. The van der Waals surface area contributed by atoms with E-state index in [1.165, 1.54) is 32.1 Å². The molecule has 0 aliphatic rings. The van der Waals surface area contributed by atoms with Crippen molar-refractivity contribution in [2.75, 3.05) is 12.4 Å². The van der Waals surface area contributed by atoms with Gasteiger partial charge in [0.25, 0.3) is 0 Å². The first-order valence-corrected chi connectivity index (χ1v) is 7.56. The fourth-order valence-corrected chi connectivity index (χ4v) is 2.47. The van der Waals surface area contributed by atoms with Crippen LogP contribution in [0.5, 0.6) is 5.75 Å². The molecule has 0 radical (unpaired) electrons. The molecule has 0 bridgehead atoms. The number of rotatable bonds is 8. The van der Waals surface area contributed by atoms with Crippen molar-refractivity contribution in [3.8, 4) is 5.75 Å². The third-order valence-electron chi connectivity index (χ3n) is 3.01. The third kappa shape index (κ3) is 5.76. The van der Waals surface area contributed by atoms with Crippen molar-refractivity contribution < 1.29 is 4.74 Å². The maximum Gasteiger partial charge on any atom is 0.122 e. The summed E-state index contributed by atoms with van der Waals surface area (Å²) in [4.78, 5) is 0. The number of anilines is 1. The van der Waals surface area contributed by atoms with Crippen LogP contribution in [-0.2, 0) is 0 Å². The van der Waals surface area contributed by atoms with E-state index in [-0.39, 0.29) is 0 Å². The average molecular weight is 314 g/mol. The van der Waals surface area contributed by atoms with Crippen LogP contribution in [0.2, 0.25) is 0 Å². The predicted molar refractivity (Wildman–Crippen MR) is 82.5 cm³/mol. The summed E-state index contributed by atoms with van der Waals surface area (Å²) in [5.74, 6) is 0.880. The molecule has 0 saturated carbocycles. The Kier molecular flexibility index (Phi) is 7.18. The Morgan fingerprint density at radius 2 is 2.00 bits per heavy atom. The van der Waals surface area contributed by atoms with Crippen molar-refractivity contribution >= 4 is 21.6 Å². The highest BCUT2D eigenvalue weighted by Crippen LogP contribution is 2.25. The van der Waals surface area contributed by atoms with Gasteiger partial charge in [-0.25, -0.2) is 0 Å². The van der Waals surface area contributed by atoms with Crippen molar-refractivity contribution in [1.29, 1.82) is 0 Å². The maximum atomic E-state index is 5.26. The van der Waals surface area contributed by atoms with Gasteiger partial charge in [0.2, 0.25) is 0 Å². The Morgan fingerprint density at radius 3 is 2.67 bits per heavy atom. The molecule has 0 spiro atoms. The quantitative estimate of drug-likeness (QED) is 0.664. The first-order valence-electron chi connectivity index (χ1n) is 6.76.